The smallest absolute Gasteiger partial charge is 0.311 e. The Labute approximate surface area is 125 Å². The number of esters is 2. The first kappa shape index (κ1) is 17.9. The van der Waals surface area contributed by atoms with E-state index < -0.39 is 29.3 Å². The van der Waals surface area contributed by atoms with Crippen LogP contribution in [0.15, 0.2) is 0 Å². The van der Waals surface area contributed by atoms with Gasteiger partial charge in [-0.3, -0.25) is 9.59 Å². The topological polar surface area (TPSA) is 82.1 Å². The van der Waals surface area contributed by atoms with Gasteiger partial charge in [-0.05, 0) is 41.5 Å². The van der Waals surface area contributed by atoms with Gasteiger partial charge in [-0.15, -0.1) is 0 Å². The lowest BCUT2D eigenvalue weighted by atomic mass is 9.97. The molecule has 0 saturated carbocycles. The first-order valence-corrected chi connectivity index (χ1v) is 7.13. The van der Waals surface area contributed by atoms with Crippen LogP contribution in [0.1, 0.15) is 48.0 Å². The first-order chi connectivity index (χ1) is 9.41. The second-order valence-electron chi connectivity index (χ2n) is 7.41. The van der Waals surface area contributed by atoms with Gasteiger partial charge in [-0.25, -0.2) is 0 Å². The Balaban J connectivity index is 2.59. The standard InChI is InChI=1S/C15H26O6/c1-14(2,3)12(17)19-8-10-9(7-11(16)20-10)21-13(18)15(4,5)6/h9-11,16H,7-8H2,1-6H3. The van der Waals surface area contributed by atoms with Crippen LogP contribution >= 0.6 is 0 Å². The van der Waals surface area contributed by atoms with Crippen molar-refractivity contribution in [1.82, 2.24) is 0 Å². The molecule has 0 aliphatic carbocycles. The van der Waals surface area contributed by atoms with Gasteiger partial charge >= 0.3 is 11.9 Å². The molecule has 0 bridgehead atoms. The number of carbonyl (C=O) groups excluding carboxylic acids is 2. The summed E-state index contributed by atoms with van der Waals surface area (Å²) in [7, 11) is 0. The van der Waals surface area contributed by atoms with Crippen molar-refractivity contribution in [1.29, 1.82) is 0 Å². The molecule has 1 aliphatic rings. The zero-order chi connectivity index (χ0) is 16.4. The van der Waals surface area contributed by atoms with Crippen LogP contribution in [0.5, 0.6) is 0 Å². The van der Waals surface area contributed by atoms with Gasteiger partial charge in [-0.2, -0.15) is 0 Å². The summed E-state index contributed by atoms with van der Waals surface area (Å²) in [5.74, 6) is -0.745. The van der Waals surface area contributed by atoms with E-state index in [1.54, 1.807) is 41.5 Å². The van der Waals surface area contributed by atoms with Gasteiger partial charge in [0.15, 0.2) is 6.29 Å². The molecule has 1 rings (SSSR count). The molecule has 21 heavy (non-hydrogen) atoms. The molecule has 1 heterocycles. The number of rotatable bonds is 3. The number of hydrogen-bond acceptors (Lipinski definition) is 6. The van der Waals surface area contributed by atoms with Crippen molar-refractivity contribution in [3.63, 3.8) is 0 Å². The molecule has 6 heteroatoms. The molecule has 0 aromatic carbocycles. The first-order valence-electron chi connectivity index (χ1n) is 7.13. The van der Waals surface area contributed by atoms with Crippen molar-refractivity contribution in [3.8, 4) is 0 Å². The Bertz CT molecular complexity index is 390. The average molecular weight is 302 g/mol. The Morgan fingerprint density at radius 1 is 1.10 bits per heavy atom. The molecule has 0 aromatic rings. The molecule has 0 aromatic heterocycles. The Kier molecular flexibility index (Phi) is 5.39. The Morgan fingerprint density at radius 3 is 2.10 bits per heavy atom. The molecular formula is C15H26O6. The van der Waals surface area contributed by atoms with E-state index in [-0.39, 0.29) is 25.0 Å². The van der Waals surface area contributed by atoms with Crippen molar-refractivity contribution >= 4 is 11.9 Å². The van der Waals surface area contributed by atoms with Crippen LogP contribution in [0.3, 0.4) is 0 Å². The van der Waals surface area contributed by atoms with Gasteiger partial charge in [0.25, 0.3) is 0 Å². The zero-order valence-corrected chi connectivity index (χ0v) is 13.6. The minimum Gasteiger partial charge on any atom is -0.462 e. The van der Waals surface area contributed by atoms with Gasteiger partial charge < -0.3 is 19.3 Å². The maximum Gasteiger partial charge on any atom is 0.311 e. The van der Waals surface area contributed by atoms with E-state index in [1.807, 2.05) is 0 Å². The second-order valence-corrected chi connectivity index (χ2v) is 7.41. The predicted octanol–water partition coefficient (Wildman–Crippen LogP) is 1.64. The lowest BCUT2D eigenvalue weighted by Gasteiger charge is -2.24. The van der Waals surface area contributed by atoms with Crippen LogP contribution in [0.4, 0.5) is 0 Å². The lowest BCUT2D eigenvalue weighted by Crippen LogP contribution is -2.36. The third kappa shape index (κ3) is 5.28. The fourth-order valence-electron chi connectivity index (χ4n) is 1.65. The maximum atomic E-state index is 11.9. The molecule has 6 nitrogen and oxygen atoms in total. The average Bonchev–Trinajstić information content (AvgIpc) is 2.63. The van der Waals surface area contributed by atoms with Crippen molar-refractivity contribution in [3.05, 3.63) is 0 Å². The summed E-state index contributed by atoms with van der Waals surface area (Å²) in [5, 5.41) is 9.56. The van der Waals surface area contributed by atoms with E-state index in [9.17, 15) is 14.7 Å². The quantitative estimate of drug-likeness (QED) is 0.798. The number of hydrogen-bond donors (Lipinski definition) is 1. The zero-order valence-electron chi connectivity index (χ0n) is 13.6. The van der Waals surface area contributed by atoms with Crippen LogP contribution in [-0.2, 0) is 23.8 Å². The summed E-state index contributed by atoms with van der Waals surface area (Å²) >= 11 is 0. The predicted molar refractivity (Wildman–Crippen MR) is 75.2 cm³/mol. The minimum atomic E-state index is -1.01. The van der Waals surface area contributed by atoms with Crippen molar-refractivity contribution in [2.45, 2.75) is 66.5 Å². The fourth-order valence-corrected chi connectivity index (χ4v) is 1.65. The summed E-state index contributed by atoms with van der Waals surface area (Å²) in [6.07, 6.45) is -2.09. The number of ether oxygens (including phenoxy) is 3. The summed E-state index contributed by atoms with van der Waals surface area (Å²) in [6.45, 7) is 10.4. The fraction of sp³-hybridized carbons (Fsp3) is 0.867. The molecule has 1 N–H and O–H groups in total. The van der Waals surface area contributed by atoms with E-state index >= 15 is 0 Å². The summed E-state index contributed by atoms with van der Waals surface area (Å²) in [4.78, 5) is 23.6. The summed E-state index contributed by atoms with van der Waals surface area (Å²) in [5.41, 5.74) is -1.25. The normalized spacial score (nSPS) is 26.5. The highest BCUT2D eigenvalue weighted by atomic mass is 16.7. The molecule has 0 amide bonds. The van der Waals surface area contributed by atoms with E-state index in [0.29, 0.717) is 0 Å². The van der Waals surface area contributed by atoms with Crippen LogP contribution in [0.2, 0.25) is 0 Å². The van der Waals surface area contributed by atoms with Crippen LogP contribution < -0.4 is 0 Å². The van der Waals surface area contributed by atoms with Gasteiger partial charge in [0.1, 0.15) is 18.8 Å². The second kappa shape index (κ2) is 6.32. The summed E-state index contributed by atoms with van der Waals surface area (Å²) < 4.78 is 15.8. The number of carbonyl (C=O) groups is 2. The van der Waals surface area contributed by atoms with Gasteiger partial charge in [0.2, 0.25) is 0 Å². The van der Waals surface area contributed by atoms with Gasteiger partial charge in [0, 0.05) is 6.42 Å². The molecule has 0 spiro atoms. The Hall–Kier alpha value is -1.14. The molecule has 3 atom stereocenters. The molecule has 122 valence electrons. The van der Waals surface area contributed by atoms with E-state index in [1.165, 1.54) is 0 Å². The molecule has 1 fully saturated rings. The van der Waals surface area contributed by atoms with E-state index in [2.05, 4.69) is 0 Å². The number of aliphatic hydroxyl groups excluding tert-OH is 1. The highest BCUT2D eigenvalue weighted by molar-refractivity contribution is 5.76. The van der Waals surface area contributed by atoms with E-state index in [4.69, 9.17) is 14.2 Å². The van der Waals surface area contributed by atoms with Gasteiger partial charge in [-0.1, -0.05) is 0 Å². The molecule has 1 aliphatic heterocycles. The molecule has 1 saturated heterocycles. The SMILES string of the molecule is CC(C)(C)C(=O)OCC1OC(O)CC1OC(=O)C(C)(C)C. The highest BCUT2D eigenvalue weighted by Gasteiger charge is 2.40. The lowest BCUT2D eigenvalue weighted by molar-refractivity contribution is -0.170. The van der Waals surface area contributed by atoms with Crippen LogP contribution in [0.25, 0.3) is 0 Å². The minimum absolute atomic E-state index is 0.0464. The van der Waals surface area contributed by atoms with Crippen LogP contribution in [0, 0.1) is 10.8 Å². The monoisotopic (exact) mass is 302 g/mol. The summed E-state index contributed by atoms with van der Waals surface area (Å²) in [6, 6.07) is 0. The largest absolute Gasteiger partial charge is 0.462 e. The molecule has 3 unspecified atom stereocenters. The van der Waals surface area contributed by atoms with E-state index in [0.717, 1.165) is 0 Å². The van der Waals surface area contributed by atoms with Crippen molar-refractivity contribution in [2.24, 2.45) is 10.8 Å². The Morgan fingerprint density at radius 2 is 1.62 bits per heavy atom. The third-order valence-corrected chi connectivity index (χ3v) is 3.04. The molecule has 0 radical (unpaired) electrons. The number of aliphatic hydroxyl groups is 1. The maximum absolute atomic E-state index is 11.9. The molecular weight excluding hydrogens is 276 g/mol. The highest BCUT2D eigenvalue weighted by Crippen LogP contribution is 2.26. The van der Waals surface area contributed by atoms with Crippen molar-refractivity contribution in [2.75, 3.05) is 6.61 Å². The van der Waals surface area contributed by atoms with Gasteiger partial charge in [0.05, 0.1) is 10.8 Å². The van der Waals surface area contributed by atoms with Crippen molar-refractivity contribution < 1.29 is 28.9 Å². The van der Waals surface area contributed by atoms with Crippen LogP contribution in [-0.4, -0.2) is 42.1 Å². The third-order valence-electron chi connectivity index (χ3n) is 3.04.